The lowest BCUT2D eigenvalue weighted by molar-refractivity contribution is -0.145. The Labute approximate surface area is 107 Å². The fourth-order valence-electron chi connectivity index (χ4n) is 1.78. The smallest absolute Gasteiger partial charge is 0.310 e. The number of esters is 1. The van der Waals surface area contributed by atoms with E-state index in [1.807, 2.05) is 51.2 Å². The first-order chi connectivity index (χ1) is 8.46. The Bertz CT molecular complexity index is 549. The van der Waals surface area contributed by atoms with Crippen molar-refractivity contribution in [3.8, 4) is 0 Å². The highest BCUT2D eigenvalue weighted by molar-refractivity contribution is 5.87. The van der Waals surface area contributed by atoms with Crippen LogP contribution < -0.4 is 0 Å². The lowest BCUT2D eigenvalue weighted by Gasteiger charge is -2.17. The SMILES string of the molecule is CC(C)(C)COC(=O)Cc1c[nH]c2ccccc12. The number of para-hydroxylation sites is 1. The van der Waals surface area contributed by atoms with Crippen molar-refractivity contribution in [2.75, 3.05) is 6.61 Å². The largest absolute Gasteiger partial charge is 0.465 e. The molecule has 0 saturated carbocycles. The molecule has 0 aliphatic rings. The van der Waals surface area contributed by atoms with Gasteiger partial charge in [0.2, 0.25) is 0 Å². The van der Waals surface area contributed by atoms with Gasteiger partial charge in [0.25, 0.3) is 0 Å². The molecule has 1 heterocycles. The molecule has 2 aromatic rings. The van der Waals surface area contributed by atoms with Crippen LogP contribution in [0.25, 0.3) is 10.9 Å². The third-order valence-corrected chi connectivity index (χ3v) is 2.68. The molecule has 0 saturated heterocycles. The average molecular weight is 245 g/mol. The summed E-state index contributed by atoms with van der Waals surface area (Å²) in [6.07, 6.45) is 2.20. The van der Waals surface area contributed by atoms with E-state index in [4.69, 9.17) is 4.74 Å². The average Bonchev–Trinajstić information content (AvgIpc) is 2.70. The molecule has 18 heavy (non-hydrogen) atoms. The van der Waals surface area contributed by atoms with Crippen molar-refractivity contribution in [2.45, 2.75) is 27.2 Å². The molecule has 0 aliphatic carbocycles. The van der Waals surface area contributed by atoms with E-state index < -0.39 is 0 Å². The predicted molar refractivity (Wildman–Crippen MR) is 72.4 cm³/mol. The summed E-state index contributed by atoms with van der Waals surface area (Å²) in [5.41, 5.74) is 2.05. The van der Waals surface area contributed by atoms with Crippen LogP contribution in [0.15, 0.2) is 30.5 Å². The van der Waals surface area contributed by atoms with Gasteiger partial charge in [-0.2, -0.15) is 0 Å². The van der Waals surface area contributed by atoms with Gasteiger partial charge in [0.15, 0.2) is 0 Å². The molecule has 0 amide bonds. The minimum Gasteiger partial charge on any atom is -0.465 e. The summed E-state index contributed by atoms with van der Waals surface area (Å²) >= 11 is 0. The van der Waals surface area contributed by atoms with Crippen molar-refractivity contribution in [3.05, 3.63) is 36.0 Å². The zero-order valence-corrected chi connectivity index (χ0v) is 11.1. The first kappa shape index (κ1) is 12.7. The maximum absolute atomic E-state index is 11.8. The van der Waals surface area contributed by atoms with E-state index in [0.29, 0.717) is 13.0 Å². The summed E-state index contributed by atoms with van der Waals surface area (Å²) in [5, 5.41) is 1.09. The highest BCUT2D eigenvalue weighted by Gasteiger charge is 2.15. The van der Waals surface area contributed by atoms with Crippen LogP contribution in [-0.2, 0) is 16.0 Å². The van der Waals surface area contributed by atoms with E-state index >= 15 is 0 Å². The fraction of sp³-hybridized carbons (Fsp3) is 0.400. The lowest BCUT2D eigenvalue weighted by Crippen LogP contribution is -2.19. The van der Waals surface area contributed by atoms with Gasteiger partial charge in [0.05, 0.1) is 13.0 Å². The summed E-state index contributed by atoms with van der Waals surface area (Å²) in [4.78, 5) is 14.9. The molecule has 0 radical (unpaired) electrons. The molecular weight excluding hydrogens is 226 g/mol. The number of hydrogen-bond acceptors (Lipinski definition) is 2. The molecule has 1 aromatic heterocycles. The van der Waals surface area contributed by atoms with Crippen molar-refractivity contribution in [2.24, 2.45) is 5.41 Å². The van der Waals surface area contributed by atoms with Gasteiger partial charge in [-0.05, 0) is 17.0 Å². The minimum atomic E-state index is -0.172. The zero-order chi connectivity index (χ0) is 13.2. The molecule has 0 fully saturated rings. The summed E-state index contributed by atoms with van der Waals surface area (Å²) in [6, 6.07) is 7.96. The fourth-order valence-corrected chi connectivity index (χ4v) is 1.78. The number of ether oxygens (including phenoxy) is 1. The molecule has 0 bridgehead atoms. The second-order valence-electron chi connectivity index (χ2n) is 5.76. The van der Waals surface area contributed by atoms with Gasteiger partial charge in [0.1, 0.15) is 0 Å². The van der Waals surface area contributed by atoms with Crippen LogP contribution in [0.5, 0.6) is 0 Å². The molecule has 0 atom stereocenters. The van der Waals surface area contributed by atoms with Crippen LogP contribution >= 0.6 is 0 Å². The highest BCUT2D eigenvalue weighted by atomic mass is 16.5. The Balaban J connectivity index is 2.03. The van der Waals surface area contributed by atoms with Crippen molar-refractivity contribution < 1.29 is 9.53 Å². The van der Waals surface area contributed by atoms with Crippen molar-refractivity contribution >= 4 is 16.9 Å². The number of rotatable bonds is 3. The van der Waals surface area contributed by atoms with E-state index in [1.54, 1.807) is 0 Å². The van der Waals surface area contributed by atoms with E-state index in [1.165, 1.54) is 0 Å². The van der Waals surface area contributed by atoms with Gasteiger partial charge in [-0.25, -0.2) is 0 Å². The van der Waals surface area contributed by atoms with Gasteiger partial charge in [-0.1, -0.05) is 39.0 Å². The number of H-pyrrole nitrogens is 1. The van der Waals surface area contributed by atoms with E-state index in [9.17, 15) is 4.79 Å². The predicted octanol–water partition coefficient (Wildman–Crippen LogP) is 3.30. The summed E-state index contributed by atoms with van der Waals surface area (Å²) in [5.74, 6) is -0.172. The number of benzene rings is 1. The number of nitrogens with one attached hydrogen (secondary N) is 1. The number of hydrogen-bond donors (Lipinski definition) is 1. The maximum Gasteiger partial charge on any atom is 0.310 e. The van der Waals surface area contributed by atoms with Crippen LogP contribution in [0, 0.1) is 5.41 Å². The number of fused-ring (bicyclic) bond motifs is 1. The molecule has 0 aliphatic heterocycles. The monoisotopic (exact) mass is 245 g/mol. The lowest BCUT2D eigenvalue weighted by atomic mass is 9.99. The van der Waals surface area contributed by atoms with Crippen LogP contribution in [0.1, 0.15) is 26.3 Å². The van der Waals surface area contributed by atoms with Gasteiger partial charge < -0.3 is 9.72 Å². The highest BCUT2D eigenvalue weighted by Crippen LogP contribution is 2.19. The quantitative estimate of drug-likeness (QED) is 0.843. The van der Waals surface area contributed by atoms with E-state index in [0.717, 1.165) is 16.5 Å². The first-order valence-corrected chi connectivity index (χ1v) is 6.16. The van der Waals surface area contributed by atoms with Crippen LogP contribution in [0.2, 0.25) is 0 Å². The Morgan fingerprint density at radius 1 is 1.28 bits per heavy atom. The molecule has 96 valence electrons. The Hall–Kier alpha value is -1.77. The van der Waals surface area contributed by atoms with Gasteiger partial charge in [-0.3, -0.25) is 4.79 Å². The summed E-state index contributed by atoms with van der Waals surface area (Å²) in [7, 11) is 0. The first-order valence-electron chi connectivity index (χ1n) is 6.16. The molecule has 1 N–H and O–H groups in total. The molecular formula is C15H19NO2. The molecule has 0 spiro atoms. The molecule has 3 heteroatoms. The maximum atomic E-state index is 11.8. The second kappa shape index (κ2) is 4.84. The zero-order valence-electron chi connectivity index (χ0n) is 11.1. The minimum absolute atomic E-state index is 0.00980. The Kier molecular flexibility index (Phi) is 3.41. The van der Waals surface area contributed by atoms with E-state index in [2.05, 4.69) is 4.98 Å². The van der Waals surface area contributed by atoms with Crippen molar-refractivity contribution in [1.29, 1.82) is 0 Å². The molecule has 0 unspecified atom stereocenters. The Morgan fingerprint density at radius 3 is 2.72 bits per heavy atom. The third kappa shape index (κ3) is 3.13. The van der Waals surface area contributed by atoms with Crippen molar-refractivity contribution in [3.63, 3.8) is 0 Å². The standard InChI is InChI=1S/C15H19NO2/c1-15(2,3)10-18-14(17)8-11-9-16-13-7-5-4-6-12(11)13/h4-7,9,16H,8,10H2,1-3H3. The molecule has 3 nitrogen and oxygen atoms in total. The van der Waals surface area contributed by atoms with Crippen molar-refractivity contribution in [1.82, 2.24) is 4.98 Å². The van der Waals surface area contributed by atoms with Gasteiger partial charge >= 0.3 is 5.97 Å². The summed E-state index contributed by atoms with van der Waals surface area (Å²) in [6.45, 7) is 6.60. The van der Waals surface area contributed by atoms with Crippen LogP contribution in [0.4, 0.5) is 0 Å². The Morgan fingerprint density at radius 2 is 2.00 bits per heavy atom. The van der Waals surface area contributed by atoms with Crippen LogP contribution in [-0.4, -0.2) is 17.6 Å². The van der Waals surface area contributed by atoms with E-state index in [-0.39, 0.29) is 11.4 Å². The summed E-state index contributed by atoms with van der Waals surface area (Å²) < 4.78 is 5.28. The van der Waals surface area contributed by atoms with Gasteiger partial charge in [-0.15, -0.1) is 0 Å². The van der Waals surface area contributed by atoms with Crippen LogP contribution in [0.3, 0.4) is 0 Å². The van der Waals surface area contributed by atoms with Gasteiger partial charge in [0, 0.05) is 17.1 Å². The number of carbonyl (C=O) groups excluding carboxylic acids is 1. The normalized spacial score (nSPS) is 11.7. The number of aromatic nitrogens is 1. The number of aromatic amines is 1. The number of carbonyl (C=O) groups is 1. The topological polar surface area (TPSA) is 42.1 Å². The molecule has 1 aromatic carbocycles. The second-order valence-corrected chi connectivity index (χ2v) is 5.76. The third-order valence-electron chi connectivity index (χ3n) is 2.68. The molecule has 2 rings (SSSR count).